The highest BCUT2D eigenvalue weighted by Crippen LogP contribution is 2.56. The van der Waals surface area contributed by atoms with Crippen molar-refractivity contribution < 1.29 is 13.9 Å². The molecule has 2 aliphatic carbocycles. The summed E-state index contributed by atoms with van der Waals surface area (Å²) >= 11 is 0. The van der Waals surface area contributed by atoms with Crippen molar-refractivity contribution in [1.29, 1.82) is 5.41 Å². The van der Waals surface area contributed by atoms with Gasteiger partial charge in [0.1, 0.15) is 6.17 Å². The number of nitrogens with zero attached hydrogens (tertiary/aromatic N) is 1. The second-order valence-electron chi connectivity index (χ2n) is 8.65. The van der Waals surface area contributed by atoms with Crippen LogP contribution in [0, 0.1) is 17.2 Å². The first-order valence-corrected chi connectivity index (χ1v) is 9.25. The maximum absolute atomic E-state index is 13.5. The van der Waals surface area contributed by atoms with Crippen LogP contribution in [0.25, 0.3) is 0 Å². The molecule has 24 heavy (non-hydrogen) atoms. The van der Waals surface area contributed by atoms with Gasteiger partial charge in [0.25, 0.3) is 0 Å². The summed E-state index contributed by atoms with van der Waals surface area (Å²) in [6.45, 7) is 3.50. The molecule has 2 saturated heterocycles. The van der Waals surface area contributed by atoms with E-state index >= 15 is 0 Å². The fraction of sp³-hybridized carbons (Fsp3) is 0.889. The van der Waals surface area contributed by atoms with E-state index in [4.69, 9.17) is 10.1 Å². The van der Waals surface area contributed by atoms with Crippen LogP contribution in [0.4, 0.5) is 4.39 Å². The van der Waals surface area contributed by atoms with Crippen molar-refractivity contribution >= 4 is 12.1 Å². The highest BCUT2D eigenvalue weighted by atomic mass is 19.1. The molecule has 0 bridgehead atoms. The summed E-state index contributed by atoms with van der Waals surface area (Å²) < 4.78 is 19.4. The fourth-order valence-corrected chi connectivity index (χ4v) is 5.60. The molecule has 5 nitrogen and oxygen atoms in total. The quantitative estimate of drug-likeness (QED) is 0.770. The van der Waals surface area contributed by atoms with E-state index in [0.717, 1.165) is 19.4 Å². The molecule has 4 rings (SSSR count). The SMILES string of the molecule is CC1(NCC(=O)N2C[C@@H](F)C[C@H]2C=N)C[C@@H]2CC3(CCO3)C[C@@H]2C1. The van der Waals surface area contributed by atoms with Gasteiger partial charge >= 0.3 is 0 Å². The van der Waals surface area contributed by atoms with Gasteiger partial charge in [-0.3, -0.25) is 4.79 Å². The Labute approximate surface area is 142 Å². The largest absolute Gasteiger partial charge is 0.375 e. The molecule has 4 fully saturated rings. The molecule has 1 spiro atoms. The van der Waals surface area contributed by atoms with Crippen LogP contribution in [0.5, 0.6) is 0 Å². The van der Waals surface area contributed by atoms with Gasteiger partial charge in [-0.25, -0.2) is 4.39 Å². The lowest BCUT2D eigenvalue weighted by atomic mass is 9.86. The average Bonchev–Trinajstić information content (AvgIpc) is 3.13. The van der Waals surface area contributed by atoms with Crippen LogP contribution in [0.2, 0.25) is 0 Å². The number of hydrogen-bond donors (Lipinski definition) is 2. The van der Waals surface area contributed by atoms with Gasteiger partial charge in [-0.05, 0) is 50.9 Å². The number of rotatable bonds is 4. The Morgan fingerprint density at radius 2 is 2.04 bits per heavy atom. The monoisotopic (exact) mass is 337 g/mol. The third-order valence-electron chi connectivity index (χ3n) is 6.80. The summed E-state index contributed by atoms with van der Waals surface area (Å²) in [7, 11) is 0. The molecule has 0 aromatic rings. The van der Waals surface area contributed by atoms with Crippen molar-refractivity contribution in [1.82, 2.24) is 10.2 Å². The second-order valence-corrected chi connectivity index (χ2v) is 8.65. The lowest BCUT2D eigenvalue weighted by Crippen LogP contribution is -2.49. The molecule has 2 heterocycles. The minimum absolute atomic E-state index is 0.00857. The number of amides is 1. The Hall–Kier alpha value is -1.01. The van der Waals surface area contributed by atoms with E-state index < -0.39 is 6.17 Å². The molecule has 6 heteroatoms. The number of ether oxygens (including phenoxy) is 1. The van der Waals surface area contributed by atoms with Crippen LogP contribution in [0.3, 0.4) is 0 Å². The number of carbonyl (C=O) groups excluding carboxylic acids is 1. The Bertz CT molecular complexity index is 520. The molecule has 6 atom stereocenters. The maximum atomic E-state index is 13.5. The van der Waals surface area contributed by atoms with Gasteiger partial charge in [-0.15, -0.1) is 0 Å². The normalized spacial score (nSPS) is 47.0. The fourth-order valence-electron chi connectivity index (χ4n) is 5.60. The average molecular weight is 337 g/mol. The van der Waals surface area contributed by atoms with Gasteiger partial charge in [-0.1, -0.05) is 0 Å². The molecular formula is C18H28FN3O2. The Morgan fingerprint density at radius 1 is 1.38 bits per heavy atom. The van der Waals surface area contributed by atoms with E-state index in [1.807, 2.05) is 0 Å². The zero-order chi connectivity index (χ0) is 16.9. The van der Waals surface area contributed by atoms with Crippen LogP contribution in [-0.4, -0.2) is 60.1 Å². The van der Waals surface area contributed by atoms with Gasteiger partial charge in [0.15, 0.2) is 0 Å². The van der Waals surface area contributed by atoms with Crippen molar-refractivity contribution in [2.24, 2.45) is 11.8 Å². The minimum atomic E-state index is -0.999. The van der Waals surface area contributed by atoms with Crippen LogP contribution < -0.4 is 5.32 Å². The third kappa shape index (κ3) is 2.77. The second kappa shape index (κ2) is 5.77. The molecule has 2 unspecified atom stereocenters. The third-order valence-corrected chi connectivity index (χ3v) is 6.80. The van der Waals surface area contributed by atoms with E-state index in [0.29, 0.717) is 11.8 Å². The predicted octanol–water partition coefficient (Wildman–Crippen LogP) is 1.90. The maximum Gasteiger partial charge on any atom is 0.237 e. The molecule has 0 radical (unpaired) electrons. The summed E-state index contributed by atoms with van der Waals surface area (Å²) in [5, 5.41) is 10.8. The lowest BCUT2D eigenvalue weighted by molar-refractivity contribution is -0.146. The topological polar surface area (TPSA) is 65.4 Å². The summed E-state index contributed by atoms with van der Waals surface area (Å²) in [6, 6.07) is -0.374. The van der Waals surface area contributed by atoms with Crippen LogP contribution in [0.1, 0.15) is 45.4 Å². The summed E-state index contributed by atoms with van der Waals surface area (Å²) in [5.74, 6) is 1.32. The first kappa shape index (κ1) is 16.5. The van der Waals surface area contributed by atoms with Crippen molar-refractivity contribution in [3.05, 3.63) is 0 Å². The molecular weight excluding hydrogens is 309 g/mol. The van der Waals surface area contributed by atoms with Gasteiger partial charge in [0, 0.05) is 18.2 Å². The molecule has 4 aliphatic rings. The summed E-state index contributed by atoms with van der Waals surface area (Å²) in [4.78, 5) is 14.0. The van der Waals surface area contributed by atoms with Crippen LogP contribution in [0.15, 0.2) is 0 Å². The number of nitrogens with one attached hydrogen (secondary N) is 2. The standard InChI is InChI=1S/C18H28FN3O2/c1-17(5-12-7-18(2-3-24-18)8-13(12)6-17)21-10-16(23)22-11-14(19)4-15(22)9-20/h9,12-15,20-21H,2-8,10-11H2,1H3/t12-,13+,14-,15-,17?,18?/m0/s1. The van der Waals surface area contributed by atoms with Crippen molar-refractivity contribution in [2.75, 3.05) is 19.7 Å². The van der Waals surface area contributed by atoms with E-state index in [1.165, 1.54) is 30.4 Å². The zero-order valence-electron chi connectivity index (χ0n) is 14.4. The Morgan fingerprint density at radius 3 is 2.58 bits per heavy atom. The van der Waals surface area contributed by atoms with Crippen molar-refractivity contribution in [2.45, 2.75) is 68.8 Å². The molecule has 134 valence electrons. The van der Waals surface area contributed by atoms with E-state index in [1.54, 1.807) is 0 Å². The van der Waals surface area contributed by atoms with Crippen LogP contribution >= 0.6 is 0 Å². The van der Waals surface area contributed by atoms with E-state index in [9.17, 15) is 9.18 Å². The lowest BCUT2D eigenvalue weighted by Gasteiger charge is -2.40. The Kier molecular flexibility index (Phi) is 3.95. The predicted molar refractivity (Wildman–Crippen MR) is 89.0 cm³/mol. The molecule has 2 saturated carbocycles. The smallest absolute Gasteiger partial charge is 0.237 e. The number of halogens is 1. The van der Waals surface area contributed by atoms with Crippen molar-refractivity contribution in [3.63, 3.8) is 0 Å². The van der Waals surface area contributed by atoms with E-state index in [2.05, 4.69) is 12.2 Å². The number of likely N-dealkylation sites (tertiary alicyclic amines) is 1. The molecule has 2 N–H and O–H groups in total. The number of hydrogen-bond acceptors (Lipinski definition) is 4. The molecule has 0 aromatic carbocycles. The van der Waals surface area contributed by atoms with Gasteiger partial charge in [0.05, 0.1) is 31.3 Å². The Balaban J connectivity index is 1.30. The summed E-state index contributed by atoms with van der Waals surface area (Å²) in [5.41, 5.74) is 0.181. The number of alkyl halides is 1. The molecule has 1 amide bonds. The highest BCUT2D eigenvalue weighted by Gasteiger charge is 2.55. The zero-order valence-corrected chi connectivity index (χ0v) is 14.4. The van der Waals surface area contributed by atoms with E-state index in [-0.39, 0.29) is 42.6 Å². The first-order valence-electron chi connectivity index (χ1n) is 9.25. The minimum Gasteiger partial charge on any atom is -0.375 e. The number of fused-ring (bicyclic) bond motifs is 1. The summed E-state index contributed by atoms with van der Waals surface area (Å²) in [6.07, 6.45) is 6.21. The molecule has 0 aromatic heterocycles. The van der Waals surface area contributed by atoms with Gasteiger partial charge in [0.2, 0.25) is 5.91 Å². The molecule has 2 aliphatic heterocycles. The van der Waals surface area contributed by atoms with Crippen LogP contribution in [-0.2, 0) is 9.53 Å². The highest BCUT2D eigenvalue weighted by molar-refractivity contribution is 5.82. The van der Waals surface area contributed by atoms with Gasteiger partial charge < -0.3 is 20.4 Å². The van der Waals surface area contributed by atoms with Crippen molar-refractivity contribution in [3.8, 4) is 0 Å². The first-order chi connectivity index (χ1) is 11.4. The van der Waals surface area contributed by atoms with Gasteiger partial charge in [-0.2, -0.15) is 0 Å². The number of carbonyl (C=O) groups is 1.